The molecule has 2 rings (SSSR count). The summed E-state index contributed by atoms with van der Waals surface area (Å²) in [5.41, 5.74) is 1.04. The van der Waals surface area contributed by atoms with Gasteiger partial charge in [0.05, 0.1) is 5.75 Å². The number of hydrogen-bond donors (Lipinski definition) is 1. The van der Waals surface area contributed by atoms with Crippen LogP contribution < -0.4 is 5.32 Å². The smallest absolute Gasteiger partial charge is 0.230 e. The van der Waals surface area contributed by atoms with Gasteiger partial charge in [-0.1, -0.05) is 12.1 Å². The molecule has 1 heterocycles. The van der Waals surface area contributed by atoms with Crippen molar-refractivity contribution in [2.75, 3.05) is 31.9 Å². The van der Waals surface area contributed by atoms with Crippen LogP contribution in [-0.4, -0.2) is 42.7 Å². The molecule has 3 nitrogen and oxygen atoms in total. The average molecular weight is 310 g/mol. The standard InChI is InChI=1S/C16H23FN2OS/c17-15-6-4-14(5-7-15)12-21-13-16(20)18-8-3-11-19-9-1-2-10-19/h4-7H,1-3,8-13H2,(H,18,20). The number of thioether (sulfide) groups is 1. The number of likely N-dealkylation sites (tertiary alicyclic amines) is 1. The number of carbonyl (C=O) groups is 1. The largest absolute Gasteiger partial charge is 0.355 e. The molecular weight excluding hydrogens is 287 g/mol. The van der Waals surface area contributed by atoms with Crippen LogP contribution in [0.2, 0.25) is 0 Å². The third-order valence-corrected chi connectivity index (χ3v) is 4.59. The van der Waals surface area contributed by atoms with Crippen LogP contribution in [0.4, 0.5) is 4.39 Å². The zero-order chi connectivity index (χ0) is 14.9. The van der Waals surface area contributed by atoms with E-state index in [9.17, 15) is 9.18 Å². The van der Waals surface area contributed by atoms with E-state index in [0.717, 1.165) is 30.8 Å². The maximum atomic E-state index is 12.7. The lowest BCUT2D eigenvalue weighted by atomic mass is 10.2. The van der Waals surface area contributed by atoms with Crippen LogP contribution in [-0.2, 0) is 10.5 Å². The predicted octanol–water partition coefficient (Wildman–Crippen LogP) is 2.66. The summed E-state index contributed by atoms with van der Waals surface area (Å²) in [5, 5.41) is 2.96. The normalized spacial score (nSPS) is 15.3. The molecule has 5 heteroatoms. The molecule has 1 aromatic rings. The Morgan fingerprint density at radius 1 is 1.24 bits per heavy atom. The van der Waals surface area contributed by atoms with Crippen molar-refractivity contribution < 1.29 is 9.18 Å². The maximum absolute atomic E-state index is 12.7. The van der Waals surface area contributed by atoms with Gasteiger partial charge >= 0.3 is 0 Å². The van der Waals surface area contributed by atoms with Crippen LogP contribution in [0.15, 0.2) is 24.3 Å². The lowest BCUT2D eigenvalue weighted by molar-refractivity contribution is -0.118. The predicted molar refractivity (Wildman–Crippen MR) is 85.9 cm³/mol. The van der Waals surface area contributed by atoms with Gasteiger partial charge in [-0.25, -0.2) is 4.39 Å². The summed E-state index contributed by atoms with van der Waals surface area (Å²) < 4.78 is 12.7. The molecule has 1 amide bonds. The molecule has 1 aromatic carbocycles. The molecule has 116 valence electrons. The van der Waals surface area contributed by atoms with Crippen molar-refractivity contribution in [2.45, 2.75) is 25.0 Å². The summed E-state index contributed by atoms with van der Waals surface area (Å²) >= 11 is 1.56. The molecule has 0 radical (unpaired) electrons. The Balaban J connectivity index is 1.50. The zero-order valence-electron chi connectivity index (χ0n) is 12.3. The number of hydrogen-bond acceptors (Lipinski definition) is 3. The van der Waals surface area contributed by atoms with E-state index in [0.29, 0.717) is 5.75 Å². The number of halogens is 1. The highest BCUT2D eigenvalue weighted by molar-refractivity contribution is 7.99. The SMILES string of the molecule is O=C(CSCc1ccc(F)cc1)NCCCN1CCCC1. The summed E-state index contributed by atoms with van der Waals surface area (Å²) in [4.78, 5) is 14.1. The van der Waals surface area contributed by atoms with E-state index in [1.807, 2.05) is 0 Å². The van der Waals surface area contributed by atoms with Crippen LogP contribution in [0.5, 0.6) is 0 Å². The van der Waals surface area contributed by atoms with Crippen molar-refractivity contribution in [1.82, 2.24) is 10.2 Å². The number of nitrogens with one attached hydrogen (secondary N) is 1. The van der Waals surface area contributed by atoms with Crippen molar-refractivity contribution in [3.05, 3.63) is 35.6 Å². The Morgan fingerprint density at radius 2 is 1.95 bits per heavy atom. The van der Waals surface area contributed by atoms with Gasteiger partial charge < -0.3 is 10.2 Å². The lowest BCUT2D eigenvalue weighted by Crippen LogP contribution is -2.29. The van der Waals surface area contributed by atoms with E-state index < -0.39 is 0 Å². The highest BCUT2D eigenvalue weighted by Gasteiger charge is 2.10. The molecular formula is C16H23FN2OS. The van der Waals surface area contributed by atoms with Crippen molar-refractivity contribution in [3.63, 3.8) is 0 Å². The Bertz CT molecular complexity index is 432. The first-order chi connectivity index (χ1) is 10.2. The maximum Gasteiger partial charge on any atom is 0.230 e. The van der Waals surface area contributed by atoms with Crippen molar-refractivity contribution in [3.8, 4) is 0 Å². The van der Waals surface area contributed by atoms with Gasteiger partial charge in [0.1, 0.15) is 5.82 Å². The lowest BCUT2D eigenvalue weighted by Gasteiger charge is -2.14. The molecule has 0 aromatic heterocycles. The molecule has 0 atom stereocenters. The van der Waals surface area contributed by atoms with Gasteiger partial charge in [-0.05, 0) is 56.6 Å². The van der Waals surface area contributed by atoms with Gasteiger partial charge in [0.15, 0.2) is 0 Å². The molecule has 1 saturated heterocycles. The number of carbonyl (C=O) groups excluding carboxylic acids is 1. The molecule has 1 aliphatic rings. The molecule has 0 unspecified atom stereocenters. The molecule has 1 N–H and O–H groups in total. The molecule has 1 aliphatic heterocycles. The van der Waals surface area contributed by atoms with E-state index >= 15 is 0 Å². The molecule has 21 heavy (non-hydrogen) atoms. The van der Waals surface area contributed by atoms with Gasteiger partial charge in [0.2, 0.25) is 5.91 Å². The highest BCUT2D eigenvalue weighted by Crippen LogP contribution is 2.12. The van der Waals surface area contributed by atoms with Gasteiger partial charge in [-0.2, -0.15) is 0 Å². The Labute approximate surface area is 130 Å². The van der Waals surface area contributed by atoms with Gasteiger partial charge in [0, 0.05) is 12.3 Å². The van der Waals surface area contributed by atoms with E-state index in [-0.39, 0.29) is 11.7 Å². The fourth-order valence-corrected chi connectivity index (χ4v) is 3.25. The summed E-state index contributed by atoms with van der Waals surface area (Å²) in [5.74, 6) is 1.06. The summed E-state index contributed by atoms with van der Waals surface area (Å²) in [6.07, 6.45) is 3.65. The minimum Gasteiger partial charge on any atom is -0.355 e. The number of rotatable bonds is 8. The van der Waals surface area contributed by atoms with Crippen molar-refractivity contribution >= 4 is 17.7 Å². The third-order valence-electron chi connectivity index (χ3n) is 3.59. The number of benzene rings is 1. The van der Waals surface area contributed by atoms with Crippen LogP contribution in [0.1, 0.15) is 24.8 Å². The molecule has 1 fully saturated rings. The summed E-state index contributed by atoms with van der Waals surface area (Å²) in [7, 11) is 0. The van der Waals surface area contributed by atoms with E-state index in [1.165, 1.54) is 38.1 Å². The first kappa shape index (κ1) is 16.3. The second-order valence-corrected chi connectivity index (χ2v) is 6.36. The summed E-state index contributed by atoms with van der Waals surface area (Å²) in [6.45, 7) is 4.26. The summed E-state index contributed by atoms with van der Waals surface area (Å²) in [6, 6.07) is 6.43. The van der Waals surface area contributed by atoms with Crippen molar-refractivity contribution in [2.24, 2.45) is 0 Å². The Kier molecular flexibility index (Phi) is 7.03. The highest BCUT2D eigenvalue weighted by atomic mass is 32.2. The van der Waals surface area contributed by atoms with Gasteiger partial charge in [-0.3, -0.25) is 4.79 Å². The monoisotopic (exact) mass is 310 g/mol. The Morgan fingerprint density at radius 3 is 2.67 bits per heavy atom. The zero-order valence-corrected chi connectivity index (χ0v) is 13.1. The topological polar surface area (TPSA) is 32.3 Å². The van der Waals surface area contributed by atoms with Gasteiger partial charge in [0.25, 0.3) is 0 Å². The van der Waals surface area contributed by atoms with E-state index in [2.05, 4.69) is 10.2 Å². The molecule has 0 spiro atoms. The average Bonchev–Trinajstić information content (AvgIpc) is 2.99. The minimum absolute atomic E-state index is 0.0866. The fourth-order valence-electron chi connectivity index (χ4n) is 2.43. The second-order valence-electron chi connectivity index (χ2n) is 5.37. The second kappa shape index (κ2) is 9.05. The van der Waals surface area contributed by atoms with Crippen molar-refractivity contribution in [1.29, 1.82) is 0 Å². The van der Waals surface area contributed by atoms with Gasteiger partial charge in [-0.15, -0.1) is 11.8 Å². The molecule has 0 aliphatic carbocycles. The van der Waals surface area contributed by atoms with Crippen LogP contribution in [0.3, 0.4) is 0 Å². The first-order valence-electron chi connectivity index (χ1n) is 7.55. The Hall–Kier alpha value is -1.07. The third kappa shape index (κ3) is 6.48. The van der Waals surface area contributed by atoms with E-state index in [4.69, 9.17) is 0 Å². The van der Waals surface area contributed by atoms with Crippen LogP contribution >= 0.6 is 11.8 Å². The fraction of sp³-hybridized carbons (Fsp3) is 0.562. The van der Waals surface area contributed by atoms with E-state index in [1.54, 1.807) is 23.9 Å². The van der Waals surface area contributed by atoms with Crippen LogP contribution in [0, 0.1) is 5.82 Å². The minimum atomic E-state index is -0.223. The molecule has 0 saturated carbocycles. The number of nitrogens with zero attached hydrogens (tertiary/aromatic N) is 1. The van der Waals surface area contributed by atoms with Crippen LogP contribution in [0.25, 0.3) is 0 Å². The molecule has 0 bridgehead atoms. The quantitative estimate of drug-likeness (QED) is 0.749. The number of amides is 1. The first-order valence-corrected chi connectivity index (χ1v) is 8.71.